The van der Waals surface area contributed by atoms with Crippen molar-refractivity contribution >= 4 is 21.8 Å². The molecule has 0 aliphatic rings. The number of imidazole rings is 1. The molecule has 96 valence electrons. The van der Waals surface area contributed by atoms with Crippen LogP contribution in [0.5, 0.6) is 0 Å². The molecule has 0 spiro atoms. The summed E-state index contributed by atoms with van der Waals surface area (Å²) in [6.07, 6.45) is 4.21. The van der Waals surface area contributed by atoms with Crippen LogP contribution in [0.1, 0.15) is 37.7 Å². The molecular weight excluding hydrogens is 282 g/mol. The molecule has 1 heterocycles. The molecule has 1 aromatic heterocycles. The molecule has 0 saturated carbocycles. The van der Waals surface area contributed by atoms with Crippen LogP contribution in [0, 0.1) is 5.41 Å². The predicted octanol–water partition coefficient (Wildman–Crippen LogP) is 2.35. The summed E-state index contributed by atoms with van der Waals surface area (Å²) in [4.78, 5) is 16.0. The maximum Gasteiger partial charge on any atom is 0.269 e. The lowest BCUT2D eigenvalue weighted by atomic mass is 9.90. The van der Waals surface area contributed by atoms with Crippen LogP contribution < -0.4 is 5.32 Å². The summed E-state index contributed by atoms with van der Waals surface area (Å²) >= 11 is 3.59. The molecular formula is C12H20BrN3O. The smallest absolute Gasteiger partial charge is 0.269 e. The van der Waals surface area contributed by atoms with Crippen molar-refractivity contribution in [2.75, 3.05) is 6.54 Å². The topological polar surface area (TPSA) is 46.9 Å². The molecule has 1 amide bonds. The average Bonchev–Trinajstić information content (AvgIpc) is 2.58. The third-order valence-corrected chi connectivity index (χ3v) is 3.01. The molecule has 0 fully saturated rings. The van der Waals surface area contributed by atoms with Gasteiger partial charge in [-0.05, 0) is 11.8 Å². The Bertz CT molecular complexity index is 381. The molecule has 0 saturated heterocycles. The average molecular weight is 302 g/mol. The number of aromatic nitrogens is 2. The van der Waals surface area contributed by atoms with E-state index in [0.29, 0.717) is 17.1 Å². The summed E-state index contributed by atoms with van der Waals surface area (Å²) in [5.74, 6) is -0.0802. The minimum atomic E-state index is -0.0802. The number of aryl methyl sites for hydroxylation is 1. The van der Waals surface area contributed by atoms with E-state index >= 15 is 0 Å². The van der Waals surface area contributed by atoms with Crippen LogP contribution in [0.3, 0.4) is 0 Å². The van der Waals surface area contributed by atoms with Crippen LogP contribution >= 0.6 is 15.9 Å². The van der Waals surface area contributed by atoms with E-state index in [-0.39, 0.29) is 11.3 Å². The van der Waals surface area contributed by atoms with Crippen molar-refractivity contribution in [3.63, 3.8) is 0 Å². The Kier molecular flexibility index (Phi) is 4.74. The number of hydrogen-bond donors (Lipinski definition) is 1. The number of nitrogens with zero attached hydrogens (tertiary/aromatic N) is 2. The van der Waals surface area contributed by atoms with Crippen molar-refractivity contribution in [2.45, 2.75) is 32.0 Å². The summed E-state index contributed by atoms with van der Waals surface area (Å²) in [5, 5.41) is 2.90. The van der Waals surface area contributed by atoms with E-state index in [2.05, 4.69) is 47.0 Å². The van der Waals surface area contributed by atoms with E-state index in [4.69, 9.17) is 0 Å². The number of carbonyl (C=O) groups excluding carboxylic acids is 1. The maximum atomic E-state index is 11.8. The van der Waals surface area contributed by atoms with Gasteiger partial charge in [0.2, 0.25) is 0 Å². The zero-order valence-corrected chi connectivity index (χ0v) is 12.4. The fourth-order valence-corrected chi connectivity index (χ4v) is 2.74. The Labute approximate surface area is 111 Å². The van der Waals surface area contributed by atoms with Gasteiger partial charge in [-0.15, -0.1) is 0 Å². The molecule has 0 bridgehead atoms. The molecule has 1 aromatic rings. The van der Waals surface area contributed by atoms with Gasteiger partial charge in [-0.25, -0.2) is 4.98 Å². The van der Waals surface area contributed by atoms with Crippen LogP contribution in [-0.2, 0) is 7.05 Å². The third kappa shape index (κ3) is 4.89. The van der Waals surface area contributed by atoms with Gasteiger partial charge in [-0.2, -0.15) is 0 Å². The van der Waals surface area contributed by atoms with Gasteiger partial charge in [-0.1, -0.05) is 36.7 Å². The van der Waals surface area contributed by atoms with Crippen LogP contribution in [0.4, 0.5) is 0 Å². The molecule has 1 atom stereocenters. The molecule has 4 nitrogen and oxygen atoms in total. The number of carbonyl (C=O) groups is 1. The lowest BCUT2D eigenvalue weighted by Gasteiger charge is -2.22. The highest BCUT2D eigenvalue weighted by Crippen LogP contribution is 2.24. The summed E-state index contributed by atoms with van der Waals surface area (Å²) in [6, 6.07) is 0. The van der Waals surface area contributed by atoms with Crippen molar-refractivity contribution in [1.82, 2.24) is 14.9 Å². The first-order chi connectivity index (χ1) is 7.79. The Morgan fingerprint density at radius 3 is 2.71 bits per heavy atom. The van der Waals surface area contributed by atoms with Gasteiger partial charge < -0.3 is 9.88 Å². The van der Waals surface area contributed by atoms with E-state index in [9.17, 15) is 4.79 Å². The van der Waals surface area contributed by atoms with Gasteiger partial charge in [0.05, 0.1) is 12.5 Å². The quantitative estimate of drug-likeness (QED) is 0.868. The highest BCUT2D eigenvalue weighted by Gasteiger charge is 2.17. The van der Waals surface area contributed by atoms with E-state index < -0.39 is 0 Å². The minimum Gasteiger partial charge on any atom is -0.350 e. The van der Waals surface area contributed by atoms with Gasteiger partial charge in [0.15, 0.2) is 0 Å². The molecule has 0 aliphatic heterocycles. The highest BCUT2D eigenvalue weighted by molar-refractivity contribution is 9.09. The van der Waals surface area contributed by atoms with Crippen molar-refractivity contribution in [3.8, 4) is 0 Å². The summed E-state index contributed by atoms with van der Waals surface area (Å²) in [7, 11) is 1.81. The molecule has 0 aromatic carbocycles. The van der Waals surface area contributed by atoms with Crippen molar-refractivity contribution < 1.29 is 4.79 Å². The summed E-state index contributed by atoms with van der Waals surface area (Å²) in [6.45, 7) is 7.18. The second kappa shape index (κ2) is 5.67. The number of hydrogen-bond acceptors (Lipinski definition) is 2. The normalized spacial score (nSPS) is 13.5. The van der Waals surface area contributed by atoms with Gasteiger partial charge >= 0.3 is 0 Å². The highest BCUT2D eigenvalue weighted by atomic mass is 79.9. The van der Waals surface area contributed by atoms with Gasteiger partial charge in [0.25, 0.3) is 5.91 Å². The van der Waals surface area contributed by atoms with E-state index in [1.165, 1.54) is 0 Å². The number of halogens is 1. The van der Waals surface area contributed by atoms with E-state index in [1.807, 2.05) is 7.05 Å². The summed E-state index contributed by atoms with van der Waals surface area (Å²) < 4.78 is 1.71. The van der Waals surface area contributed by atoms with Gasteiger partial charge in [-0.3, -0.25) is 4.79 Å². The molecule has 1 N–H and O–H groups in total. The van der Waals surface area contributed by atoms with Crippen LogP contribution in [0.15, 0.2) is 12.5 Å². The molecule has 5 heteroatoms. The summed E-state index contributed by atoms with van der Waals surface area (Å²) in [5.41, 5.74) is 0.839. The Morgan fingerprint density at radius 2 is 2.24 bits per heavy atom. The van der Waals surface area contributed by atoms with Crippen LogP contribution in [-0.4, -0.2) is 26.8 Å². The number of rotatable bonds is 4. The zero-order valence-electron chi connectivity index (χ0n) is 10.8. The third-order valence-electron chi connectivity index (χ3n) is 2.37. The second-order valence-electron chi connectivity index (χ2n) is 5.46. The first kappa shape index (κ1) is 14.2. The fourth-order valence-electron chi connectivity index (χ4n) is 1.61. The number of nitrogens with one attached hydrogen (secondary N) is 1. The molecule has 0 aliphatic carbocycles. The number of alkyl halides is 1. The monoisotopic (exact) mass is 301 g/mol. The lowest BCUT2D eigenvalue weighted by molar-refractivity contribution is 0.0944. The lowest BCUT2D eigenvalue weighted by Crippen LogP contribution is -2.32. The second-order valence-corrected chi connectivity index (χ2v) is 6.76. The fraction of sp³-hybridized carbons (Fsp3) is 0.667. The van der Waals surface area contributed by atoms with Crippen LogP contribution in [0.25, 0.3) is 0 Å². The molecule has 0 radical (unpaired) electrons. The maximum absolute atomic E-state index is 11.8. The Balaban J connectivity index is 2.42. The van der Waals surface area contributed by atoms with Crippen molar-refractivity contribution in [3.05, 3.63) is 18.2 Å². The standard InChI is InChI=1S/C12H20BrN3O/c1-12(2,3)5-9(13)6-15-11(17)10-7-14-8-16(10)4/h7-9H,5-6H2,1-4H3,(H,15,17). The molecule has 17 heavy (non-hydrogen) atoms. The predicted molar refractivity (Wildman–Crippen MR) is 72.3 cm³/mol. The van der Waals surface area contributed by atoms with E-state index in [1.54, 1.807) is 17.1 Å². The van der Waals surface area contributed by atoms with Gasteiger partial charge in [0, 0.05) is 18.4 Å². The first-order valence-electron chi connectivity index (χ1n) is 5.68. The zero-order chi connectivity index (χ0) is 13.1. The van der Waals surface area contributed by atoms with E-state index in [0.717, 1.165) is 6.42 Å². The van der Waals surface area contributed by atoms with Gasteiger partial charge in [0.1, 0.15) is 5.69 Å². The SMILES string of the molecule is Cn1cncc1C(=O)NCC(Br)CC(C)(C)C. The Morgan fingerprint density at radius 1 is 1.59 bits per heavy atom. The Hall–Kier alpha value is -0.840. The van der Waals surface area contributed by atoms with Crippen molar-refractivity contribution in [2.24, 2.45) is 12.5 Å². The molecule has 1 unspecified atom stereocenters. The van der Waals surface area contributed by atoms with Crippen molar-refractivity contribution in [1.29, 1.82) is 0 Å². The minimum absolute atomic E-state index is 0.0802. The number of amides is 1. The largest absolute Gasteiger partial charge is 0.350 e. The first-order valence-corrected chi connectivity index (χ1v) is 6.60. The molecule has 1 rings (SSSR count). The van der Waals surface area contributed by atoms with Crippen LogP contribution in [0.2, 0.25) is 0 Å².